The number of hydrogen-bond acceptors (Lipinski definition) is 8. The molecule has 9 heteroatoms. The maximum atomic E-state index is 5.87. The number of halogens is 1. The molecular formula is C18H17ClN6OS. The molecule has 0 amide bonds. The highest BCUT2D eigenvalue weighted by Crippen LogP contribution is 2.31. The minimum atomic E-state index is 0.303. The summed E-state index contributed by atoms with van der Waals surface area (Å²) in [6.07, 6.45) is 4.34. The number of pyridine rings is 2. The molecule has 4 rings (SSSR count). The van der Waals surface area contributed by atoms with Gasteiger partial charge in [-0.3, -0.25) is 9.98 Å². The Morgan fingerprint density at radius 1 is 1.26 bits per heavy atom. The van der Waals surface area contributed by atoms with Gasteiger partial charge in [-0.1, -0.05) is 11.6 Å². The van der Waals surface area contributed by atoms with Crippen LogP contribution in [0, 0.1) is 0 Å². The van der Waals surface area contributed by atoms with Crippen molar-refractivity contribution in [2.24, 2.45) is 4.99 Å². The molecule has 0 spiro atoms. The lowest BCUT2D eigenvalue weighted by atomic mass is 10.2. The zero-order chi connectivity index (χ0) is 18.5. The van der Waals surface area contributed by atoms with E-state index in [0.717, 1.165) is 47.6 Å². The Labute approximate surface area is 165 Å². The van der Waals surface area contributed by atoms with Gasteiger partial charge in [0.2, 0.25) is 5.88 Å². The van der Waals surface area contributed by atoms with E-state index in [1.807, 2.05) is 23.6 Å². The summed E-state index contributed by atoms with van der Waals surface area (Å²) in [6.45, 7) is 2.05. The molecule has 0 fully saturated rings. The maximum absolute atomic E-state index is 5.87. The second-order valence-corrected chi connectivity index (χ2v) is 7.08. The van der Waals surface area contributed by atoms with Crippen molar-refractivity contribution >= 4 is 34.0 Å². The monoisotopic (exact) mass is 400 g/mol. The van der Waals surface area contributed by atoms with Crippen molar-refractivity contribution in [1.82, 2.24) is 20.3 Å². The lowest BCUT2D eigenvalue weighted by Crippen LogP contribution is -2.35. The molecule has 1 aliphatic heterocycles. The molecule has 27 heavy (non-hydrogen) atoms. The summed E-state index contributed by atoms with van der Waals surface area (Å²) < 4.78 is 5.87. The smallest absolute Gasteiger partial charge is 0.223 e. The maximum Gasteiger partial charge on any atom is 0.223 e. The van der Waals surface area contributed by atoms with E-state index < -0.39 is 0 Å². The first-order valence-corrected chi connectivity index (χ1v) is 9.73. The van der Waals surface area contributed by atoms with Gasteiger partial charge in [-0.2, -0.15) is 0 Å². The minimum Gasteiger partial charge on any atom is -0.471 e. The van der Waals surface area contributed by atoms with Gasteiger partial charge in [-0.05, 0) is 30.7 Å². The normalized spacial score (nSPS) is 13.6. The molecular weight excluding hydrogens is 384 g/mol. The first kappa shape index (κ1) is 17.7. The number of aromatic nitrogens is 3. The van der Waals surface area contributed by atoms with Gasteiger partial charge in [0.1, 0.15) is 6.61 Å². The summed E-state index contributed by atoms with van der Waals surface area (Å²) >= 11 is 7.37. The number of ether oxygens (including phenoxy) is 1. The molecule has 138 valence electrons. The standard InChI is InChI=1S/C18H17ClN6OS/c19-12-4-5-13(23-9-12)10-26-16-14(3-1-6-20-16)15-11-27-18(24-15)25-17-21-7-2-8-22-17/h1,3-6,9,11H,2,7-8,10H2,(H2,21,22,24,25). The Kier molecular flexibility index (Phi) is 5.45. The second kappa shape index (κ2) is 8.32. The number of thiazole rings is 1. The molecule has 3 aromatic rings. The summed E-state index contributed by atoms with van der Waals surface area (Å²) in [7, 11) is 0. The van der Waals surface area contributed by atoms with E-state index >= 15 is 0 Å². The number of nitrogens with one attached hydrogen (secondary N) is 2. The average molecular weight is 401 g/mol. The topological polar surface area (TPSA) is 84.3 Å². The highest BCUT2D eigenvalue weighted by atomic mass is 35.5. The third-order valence-electron chi connectivity index (χ3n) is 3.82. The number of aliphatic imine (C=N–C) groups is 1. The van der Waals surface area contributed by atoms with Crippen LogP contribution in [-0.2, 0) is 6.61 Å². The number of nitrogens with zero attached hydrogens (tertiary/aromatic N) is 4. The molecule has 3 aromatic heterocycles. The van der Waals surface area contributed by atoms with E-state index in [1.165, 1.54) is 11.3 Å². The number of hydrogen-bond donors (Lipinski definition) is 2. The van der Waals surface area contributed by atoms with Crippen LogP contribution in [0.25, 0.3) is 11.3 Å². The van der Waals surface area contributed by atoms with Crippen LogP contribution in [0.5, 0.6) is 5.88 Å². The van der Waals surface area contributed by atoms with E-state index in [2.05, 4.69) is 30.6 Å². The van der Waals surface area contributed by atoms with Gasteiger partial charge in [-0.25, -0.2) is 9.97 Å². The zero-order valence-corrected chi connectivity index (χ0v) is 15.9. The van der Waals surface area contributed by atoms with Crippen molar-refractivity contribution in [2.45, 2.75) is 13.0 Å². The molecule has 1 aliphatic rings. The van der Waals surface area contributed by atoms with Crippen molar-refractivity contribution in [1.29, 1.82) is 0 Å². The molecule has 0 aromatic carbocycles. The Balaban J connectivity index is 1.49. The van der Waals surface area contributed by atoms with Crippen LogP contribution in [0.3, 0.4) is 0 Å². The van der Waals surface area contributed by atoms with Crippen molar-refractivity contribution in [2.75, 3.05) is 18.4 Å². The predicted octanol–water partition coefficient (Wildman–Crippen LogP) is 3.59. The van der Waals surface area contributed by atoms with E-state index in [0.29, 0.717) is 17.5 Å². The van der Waals surface area contributed by atoms with Crippen LogP contribution in [0.1, 0.15) is 12.1 Å². The van der Waals surface area contributed by atoms with Gasteiger partial charge < -0.3 is 15.4 Å². The van der Waals surface area contributed by atoms with Crippen LogP contribution in [0.4, 0.5) is 5.13 Å². The SMILES string of the molecule is Clc1ccc(COc2ncccc2-c2csc(NC3=NCCCN3)n2)nc1. The first-order chi connectivity index (χ1) is 13.3. The molecule has 0 radical (unpaired) electrons. The van der Waals surface area contributed by atoms with Crippen molar-refractivity contribution < 1.29 is 4.74 Å². The quantitative estimate of drug-likeness (QED) is 0.680. The predicted molar refractivity (Wildman–Crippen MR) is 107 cm³/mol. The van der Waals surface area contributed by atoms with E-state index in [-0.39, 0.29) is 0 Å². The number of rotatable bonds is 5. The molecule has 0 aliphatic carbocycles. The van der Waals surface area contributed by atoms with Crippen LogP contribution in [0.2, 0.25) is 5.02 Å². The first-order valence-electron chi connectivity index (χ1n) is 8.47. The highest BCUT2D eigenvalue weighted by molar-refractivity contribution is 7.14. The zero-order valence-electron chi connectivity index (χ0n) is 14.4. The van der Waals surface area contributed by atoms with Crippen LogP contribution in [-0.4, -0.2) is 34.0 Å². The lowest BCUT2D eigenvalue weighted by molar-refractivity contribution is 0.290. The van der Waals surface area contributed by atoms with Crippen LogP contribution >= 0.6 is 22.9 Å². The molecule has 0 unspecified atom stereocenters. The van der Waals surface area contributed by atoms with Gasteiger partial charge >= 0.3 is 0 Å². The summed E-state index contributed by atoms with van der Waals surface area (Å²) in [5.41, 5.74) is 2.40. The van der Waals surface area contributed by atoms with Crippen LogP contribution < -0.4 is 15.4 Å². The third kappa shape index (κ3) is 4.53. The third-order valence-corrected chi connectivity index (χ3v) is 4.80. The Hall–Kier alpha value is -2.71. The second-order valence-electron chi connectivity index (χ2n) is 5.79. The van der Waals surface area contributed by atoms with E-state index in [1.54, 1.807) is 18.5 Å². The fourth-order valence-corrected chi connectivity index (χ4v) is 3.33. The van der Waals surface area contributed by atoms with Gasteiger partial charge in [-0.15, -0.1) is 11.3 Å². The van der Waals surface area contributed by atoms with E-state index in [4.69, 9.17) is 16.3 Å². The van der Waals surface area contributed by atoms with Crippen molar-refractivity contribution in [3.05, 3.63) is 52.8 Å². The number of guanidine groups is 1. The minimum absolute atomic E-state index is 0.303. The molecule has 2 N–H and O–H groups in total. The van der Waals surface area contributed by atoms with Gasteiger partial charge in [0.05, 0.1) is 22.0 Å². The average Bonchev–Trinajstić information content (AvgIpc) is 3.17. The van der Waals surface area contributed by atoms with Gasteiger partial charge in [0.25, 0.3) is 0 Å². The van der Waals surface area contributed by atoms with Crippen molar-refractivity contribution in [3.63, 3.8) is 0 Å². The summed E-state index contributed by atoms with van der Waals surface area (Å²) in [6, 6.07) is 7.41. The Bertz CT molecular complexity index is 943. The Morgan fingerprint density at radius 2 is 2.22 bits per heavy atom. The summed E-state index contributed by atoms with van der Waals surface area (Å²) in [5.74, 6) is 1.28. The highest BCUT2D eigenvalue weighted by Gasteiger charge is 2.13. The summed E-state index contributed by atoms with van der Waals surface area (Å²) in [5, 5.41) is 9.77. The van der Waals surface area contributed by atoms with Gasteiger partial charge in [0.15, 0.2) is 11.1 Å². The van der Waals surface area contributed by atoms with E-state index in [9.17, 15) is 0 Å². The molecule has 4 heterocycles. The Morgan fingerprint density at radius 3 is 3.04 bits per heavy atom. The van der Waals surface area contributed by atoms with Gasteiger partial charge in [0, 0.05) is 30.9 Å². The van der Waals surface area contributed by atoms with Crippen LogP contribution in [0.15, 0.2) is 47.0 Å². The lowest BCUT2D eigenvalue weighted by Gasteiger charge is -2.14. The molecule has 0 saturated carbocycles. The molecule has 0 bridgehead atoms. The fourth-order valence-electron chi connectivity index (χ4n) is 2.51. The molecule has 0 atom stereocenters. The van der Waals surface area contributed by atoms with Crippen molar-refractivity contribution in [3.8, 4) is 17.1 Å². The fraction of sp³-hybridized carbons (Fsp3) is 0.222. The number of anilines is 1. The summed E-state index contributed by atoms with van der Waals surface area (Å²) in [4.78, 5) is 17.6. The largest absolute Gasteiger partial charge is 0.471 e. The molecule has 7 nitrogen and oxygen atoms in total. The molecule has 0 saturated heterocycles.